The normalized spacial score (nSPS) is 15.7. The van der Waals surface area contributed by atoms with E-state index in [2.05, 4.69) is 20.5 Å². The van der Waals surface area contributed by atoms with Crippen molar-refractivity contribution in [1.82, 2.24) is 25.1 Å². The Morgan fingerprint density at radius 3 is 2.81 bits per heavy atom. The molecule has 1 aromatic heterocycles. The third-order valence-corrected chi connectivity index (χ3v) is 5.77. The molecule has 0 radical (unpaired) electrons. The zero-order valence-electron chi connectivity index (χ0n) is 14.4. The molecule has 140 valence electrons. The minimum absolute atomic E-state index is 0.0761. The van der Waals surface area contributed by atoms with Gasteiger partial charge in [0.1, 0.15) is 0 Å². The van der Waals surface area contributed by atoms with Crippen molar-refractivity contribution in [3.63, 3.8) is 0 Å². The number of piperidine rings is 1. The summed E-state index contributed by atoms with van der Waals surface area (Å²) in [7, 11) is -3.64. The Bertz CT molecular complexity index is 830. The van der Waals surface area contributed by atoms with Crippen molar-refractivity contribution in [3.05, 3.63) is 48.3 Å². The average Bonchev–Trinajstić information content (AvgIpc) is 3.16. The molecule has 0 atom stereocenters. The number of carbonyl (C=O) groups is 1. The van der Waals surface area contributed by atoms with Gasteiger partial charge >= 0.3 is 0 Å². The standard InChI is InChI=1S/C17H23N5O3S/c23-17(19-10-12-22-11-2-7-20-22)14-3-1-4-16(13-14)26(24,25)21-15-5-8-18-9-6-15/h1-4,7,11,13,15,18,21H,5-6,8-10,12H2,(H,19,23). The molecule has 0 unspecified atom stereocenters. The van der Waals surface area contributed by atoms with E-state index < -0.39 is 10.0 Å². The van der Waals surface area contributed by atoms with Crippen LogP contribution in [0.2, 0.25) is 0 Å². The highest BCUT2D eigenvalue weighted by molar-refractivity contribution is 7.89. The summed E-state index contributed by atoms with van der Waals surface area (Å²) in [5.41, 5.74) is 0.318. The summed E-state index contributed by atoms with van der Waals surface area (Å²) in [5, 5.41) is 10.0. The van der Waals surface area contributed by atoms with Crippen molar-refractivity contribution < 1.29 is 13.2 Å². The van der Waals surface area contributed by atoms with Gasteiger partial charge in [-0.05, 0) is 50.2 Å². The maximum absolute atomic E-state index is 12.6. The van der Waals surface area contributed by atoms with Gasteiger partial charge in [0.25, 0.3) is 5.91 Å². The molecule has 1 aliphatic rings. The Morgan fingerprint density at radius 1 is 1.27 bits per heavy atom. The van der Waals surface area contributed by atoms with Crippen LogP contribution in [0.25, 0.3) is 0 Å². The summed E-state index contributed by atoms with van der Waals surface area (Å²) in [5.74, 6) is -0.309. The SMILES string of the molecule is O=C(NCCn1cccn1)c1cccc(S(=O)(=O)NC2CCNCC2)c1. The first-order valence-electron chi connectivity index (χ1n) is 8.63. The number of rotatable bonds is 7. The van der Waals surface area contributed by atoms with Crippen LogP contribution in [0.3, 0.4) is 0 Å². The molecule has 1 amide bonds. The third-order valence-electron chi connectivity index (χ3n) is 4.25. The van der Waals surface area contributed by atoms with Gasteiger partial charge in [0.15, 0.2) is 0 Å². The number of nitrogens with zero attached hydrogens (tertiary/aromatic N) is 2. The van der Waals surface area contributed by atoms with Crippen LogP contribution in [0, 0.1) is 0 Å². The van der Waals surface area contributed by atoms with E-state index in [9.17, 15) is 13.2 Å². The van der Waals surface area contributed by atoms with Crippen molar-refractivity contribution in [2.75, 3.05) is 19.6 Å². The Labute approximate surface area is 153 Å². The van der Waals surface area contributed by atoms with E-state index in [1.165, 1.54) is 12.1 Å². The predicted octanol–water partition coefficient (Wildman–Crippen LogP) is 0.343. The van der Waals surface area contributed by atoms with Gasteiger partial charge in [0.2, 0.25) is 10.0 Å². The highest BCUT2D eigenvalue weighted by Gasteiger charge is 2.22. The second kappa shape index (κ2) is 8.43. The topological polar surface area (TPSA) is 105 Å². The minimum Gasteiger partial charge on any atom is -0.350 e. The molecule has 0 saturated carbocycles. The summed E-state index contributed by atoms with van der Waals surface area (Å²) in [6.07, 6.45) is 5.00. The number of nitrogens with one attached hydrogen (secondary N) is 3. The van der Waals surface area contributed by atoms with Crippen molar-refractivity contribution >= 4 is 15.9 Å². The first kappa shape index (κ1) is 18.6. The molecule has 3 rings (SSSR count). The van der Waals surface area contributed by atoms with Crippen molar-refractivity contribution in [1.29, 1.82) is 0 Å². The first-order chi connectivity index (χ1) is 12.5. The van der Waals surface area contributed by atoms with Crippen LogP contribution >= 0.6 is 0 Å². The second-order valence-corrected chi connectivity index (χ2v) is 7.91. The number of hydrogen-bond donors (Lipinski definition) is 3. The van der Waals surface area contributed by atoms with Crippen LogP contribution in [0.5, 0.6) is 0 Å². The molecular formula is C17H23N5O3S. The number of amides is 1. The Kier molecular flexibility index (Phi) is 6.02. The fraction of sp³-hybridized carbons (Fsp3) is 0.412. The number of sulfonamides is 1. The molecular weight excluding hydrogens is 354 g/mol. The molecule has 2 heterocycles. The van der Waals surface area contributed by atoms with Gasteiger partial charge in [-0.3, -0.25) is 9.48 Å². The van der Waals surface area contributed by atoms with Gasteiger partial charge in [-0.25, -0.2) is 13.1 Å². The molecule has 1 fully saturated rings. The molecule has 1 saturated heterocycles. The fourth-order valence-corrected chi connectivity index (χ4v) is 4.20. The third kappa shape index (κ3) is 4.90. The van der Waals surface area contributed by atoms with Gasteiger partial charge in [-0.1, -0.05) is 6.07 Å². The Hall–Kier alpha value is -2.23. The Morgan fingerprint density at radius 2 is 2.08 bits per heavy atom. The van der Waals surface area contributed by atoms with E-state index in [4.69, 9.17) is 0 Å². The number of carbonyl (C=O) groups excluding carboxylic acids is 1. The van der Waals surface area contributed by atoms with Gasteiger partial charge in [-0.15, -0.1) is 0 Å². The van der Waals surface area contributed by atoms with E-state index in [1.54, 1.807) is 23.0 Å². The van der Waals surface area contributed by atoms with Crippen LogP contribution in [0.4, 0.5) is 0 Å². The predicted molar refractivity (Wildman–Crippen MR) is 97.2 cm³/mol. The largest absolute Gasteiger partial charge is 0.350 e. The maximum Gasteiger partial charge on any atom is 0.251 e. The molecule has 26 heavy (non-hydrogen) atoms. The number of hydrogen-bond acceptors (Lipinski definition) is 5. The highest BCUT2D eigenvalue weighted by atomic mass is 32.2. The molecule has 2 aromatic rings. The monoisotopic (exact) mass is 377 g/mol. The van der Waals surface area contributed by atoms with E-state index in [0.29, 0.717) is 18.7 Å². The van der Waals surface area contributed by atoms with E-state index >= 15 is 0 Å². The van der Waals surface area contributed by atoms with Crippen molar-refractivity contribution in [3.8, 4) is 0 Å². The van der Waals surface area contributed by atoms with Gasteiger partial charge in [0, 0.05) is 30.5 Å². The average molecular weight is 377 g/mol. The van der Waals surface area contributed by atoms with Crippen molar-refractivity contribution in [2.24, 2.45) is 0 Å². The van der Waals surface area contributed by atoms with Gasteiger partial charge in [0.05, 0.1) is 11.4 Å². The molecule has 9 heteroatoms. The van der Waals surface area contributed by atoms with E-state index in [0.717, 1.165) is 25.9 Å². The van der Waals surface area contributed by atoms with Gasteiger partial charge in [-0.2, -0.15) is 5.10 Å². The van der Waals surface area contributed by atoms with Crippen LogP contribution < -0.4 is 15.4 Å². The fourth-order valence-electron chi connectivity index (χ4n) is 2.85. The molecule has 0 bridgehead atoms. The quantitative estimate of drug-likeness (QED) is 0.645. The molecule has 1 aromatic carbocycles. The van der Waals surface area contributed by atoms with Crippen LogP contribution in [-0.2, 0) is 16.6 Å². The summed E-state index contributed by atoms with van der Waals surface area (Å²) >= 11 is 0. The van der Waals surface area contributed by atoms with Crippen LogP contribution in [0.15, 0.2) is 47.6 Å². The molecule has 0 spiro atoms. The van der Waals surface area contributed by atoms with Crippen molar-refractivity contribution in [2.45, 2.75) is 30.3 Å². The lowest BCUT2D eigenvalue weighted by atomic mass is 10.1. The smallest absolute Gasteiger partial charge is 0.251 e. The van der Waals surface area contributed by atoms with E-state index in [1.807, 2.05) is 12.3 Å². The lowest BCUT2D eigenvalue weighted by Crippen LogP contribution is -2.42. The lowest BCUT2D eigenvalue weighted by Gasteiger charge is -2.23. The summed E-state index contributed by atoms with van der Waals surface area (Å²) in [4.78, 5) is 12.4. The second-order valence-electron chi connectivity index (χ2n) is 6.20. The molecule has 8 nitrogen and oxygen atoms in total. The molecule has 0 aliphatic carbocycles. The maximum atomic E-state index is 12.6. The van der Waals surface area contributed by atoms with Gasteiger partial charge < -0.3 is 10.6 Å². The van der Waals surface area contributed by atoms with Crippen LogP contribution in [-0.4, -0.2) is 49.8 Å². The Balaban J connectivity index is 1.61. The lowest BCUT2D eigenvalue weighted by molar-refractivity contribution is 0.0951. The van der Waals surface area contributed by atoms with E-state index in [-0.39, 0.29) is 16.8 Å². The van der Waals surface area contributed by atoms with Crippen LogP contribution in [0.1, 0.15) is 23.2 Å². The summed E-state index contributed by atoms with van der Waals surface area (Å²) in [6, 6.07) is 7.83. The zero-order chi connectivity index (χ0) is 18.4. The number of aromatic nitrogens is 2. The zero-order valence-corrected chi connectivity index (χ0v) is 15.2. The highest BCUT2D eigenvalue weighted by Crippen LogP contribution is 2.14. The summed E-state index contributed by atoms with van der Waals surface area (Å²) < 4.78 is 29.6. The minimum atomic E-state index is -3.64. The molecule has 3 N–H and O–H groups in total. The molecule has 1 aliphatic heterocycles. The summed E-state index contributed by atoms with van der Waals surface area (Å²) in [6.45, 7) is 2.55. The first-order valence-corrected chi connectivity index (χ1v) is 10.1. The number of benzene rings is 1.